The molecule has 35 heavy (non-hydrogen) atoms. The summed E-state index contributed by atoms with van der Waals surface area (Å²) in [6, 6.07) is 15.1. The van der Waals surface area contributed by atoms with Crippen molar-refractivity contribution in [2.24, 2.45) is 5.92 Å². The van der Waals surface area contributed by atoms with Crippen LogP contribution >= 0.6 is 0 Å². The minimum Gasteiger partial charge on any atom is -0.480 e. The second-order valence-corrected chi connectivity index (χ2v) is 8.78. The van der Waals surface area contributed by atoms with Crippen molar-refractivity contribution in [1.29, 1.82) is 0 Å². The molecule has 0 bridgehead atoms. The Kier molecular flexibility index (Phi) is 6.22. The van der Waals surface area contributed by atoms with Crippen molar-refractivity contribution < 1.29 is 28.6 Å². The topological polar surface area (TPSA) is 131 Å². The first-order valence-corrected chi connectivity index (χ1v) is 11.6. The number of aliphatic carboxylic acids is 1. The van der Waals surface area contributed by atoms with Gasteiger partial charge < -0.3 is 24.9 Å². The number of nitrogens with zero attached hydrogens (tertiary/aromatic N) is 1. The Hall–Kier alpha value is -4.14. The van der Waals surface area contributed by atoms with Crippen molar-refractivity contribution in [3.63, 3.8) is 0 Å². The number of amides is 2. The Balaban J connectivity index is 1.18. The van der Waals surface area contributed by atoms with E-state index in [1.54, 1.807) is 0 Å². The number of alkyl carbamates (subject to hydrolysis) is 1. The average Bonchev–Trinajstić information content (AvgIpc) is 3.42. The van der Waals surface area contributed by atoms with Crippen LogP contribution in [0.5, 0.6) is 0 Å². The fourth-order valence-corrected chi connectivity index (χ4v) is 4.75. The number of benzene rings is 2. The zero-order valence-corrected chi connectivity index (χ0v) is 18.9. The highest BCUT2D eigenvalue weighted by atomic mass is 16.5. The SMILES string of the molecule is O=C(NCc1ocnc1C(=O)NC(C(=O)O)C1CCC1)OCC1c2ccccc2-c2ccccc21. The minimum atomic E-state index is -1.08. The number of carboxylic acid groups (broad SMARTS) is 1. The summed E-state index contributed by atoms with van der Waals surface area (Å²) in [5, 5.41) is 14.5. The molecular formula is C26H25N3O6. The van der Waals surface area contributed by atoms with E-state index in [0.717, 1.165) is 47.9 Å². The van der Waals surface area contributed by atoms with Crippen LogP contribution in [0.15, 0.2) is 59.3 Å². The second-order valence-electron chi connectivity index (χ2n) is 8.78. The van der Waals surface area contributed by atoms with E-state index < -0.39 is 24.0 Å². The molecule has 1 fully saturated rings. The normalized spacial score (nSPS) is 15.4. The predicted molar refractivity (Wildman–Crippen MR) is 125 cm³/mol. The molecule has 0 saturated heterocycles. The van der Waals surface area contributed by atoms with E-state index in [4.69, 9.17) is 9.15 Å². The fraction of sp³-hybridized carbons (Fsp3) is 0.308. The van der Waals surface area contributed by atoms with Crippen LogP contribution in [0, 0.1) is 5.92 Å². The fourth-order valence-electron chi connectivity index (χ4n) is 4.75. The van der Waals surface area contributed by atoms with Crippen LogP contribution < -0.4 is 10.6 Å². The van der Waals surface area contributed by atoms with Gasteiger partial charge >= 0.3 is 12.1 Å². The maximum Gasteiger partial charge on any atom is 0.407 e. The van der Waals surface area contributed by atoms with Crippen LogP contribution in [0.25, 0.3) is 11.1 Å². The van der Waals surface area contributed by atoms with Crippen molar-refractivity contribution in [2.75, 3.05) is 6.61 Å². The van der Waals surface area contributed by atoms with E-state index >= 15 is 0 Å². The Labute approximate surface area is 201 Å². The number of ether oxygens (including phenoxy) is 1. The van der Waals surface area contributed by atoms with Gasteiger partial charge in [-0.15, -0.1) is 0 Å². The quantitative estimate of drug-likeness (QED) is 0.453. The van der Waals surface area contributed by atoms with Gasteiger partial charge in [0, 0.05) is 5.92 Å². The van der Waals surface area contributed by atoms with Gasteiger partial charge in [0.05, 0.1) is 6.54 Å². The molecule has 2 aliphatic rings. The summed E-state index contributed by atoms with van der Waals surface area (Å²) in [6.45, 7) is 0.0336. The largest absolute Gasteiger partial charge is 0.480 e. The standard InChI is InChI=1S/C26H25N3O6/c30-24(29-22(25(31)32)15-6-5-7-15)23-21(35-14-28-23)12-27-26(33)34-13-20-18-10-3-1-8-16(18)17-9-2-4-11-19(17)20/h1-4,8-11,14-15,20,22H,5-7,12-13H2,(H,27,33)(H,29,30)(H,31,32). The summed E-state index contributed by atoms with van der Waals surface area (Å²) in [5.74, 6) is -1.77. The van der Waals surface area contributed by atoms with Crippen molar-refractivity contribution in [3.05, 3.63) is 77.5 Å². The lowest BCUT2D eigenvalue weighted by atomic mass is 9.79. The van der Waals surface area contributed by atoms with Crippen molar-refractivity contribution in [2.45, 2.75) is 37.8 Å². The summed E-state index contributed by atoms with van der Waals surface area (Å²) in [6.07, 6.45) is 2.89. The second kappa shape index (κ2) is 9.61. The summed E-state index contributed by atoms with van der Waals surface area (Å²) >= 11 is 0. The first-order chi connectivity index (χ1) is 17.0. The number of oxazole rings is 1. The molecule has 1 atom stereocenters. The third-order valence-corrected chi connectivity index (χ3v) is 6.77. The molecule has 5 rings (SSSR count). The lowest BCUT2D eigenvalue weighted by Gasteiger charge is -2.31. The number of carboxylic acids is 1. The number of nitrogens with one attached hydrogen (secondary N) is 2. The van der Waals surface area contributed by atoms with Gasteiger partial charge in [0.2, 0.25) is 0 Å². The van der Waals surface area contributed by atoms with E-state index in [-0.39, 0.29) is 36.4 Å². The van der Waals surface area contributed by atoms with E-state index in [1.165, 1.54) is 0 Å². The number of carbonyl (C=O) groups excluding carboxylic acids is 2. The van der Waals surface area contributed by atoms with Crippen molar-refractivity contribution in [3.8, 4) is 11.1 Å². The molecule has 9 nitrogen and oxygen atoms in total. The van der Waals surface area contributed by atoms with Gasteiger partial charge in [-0.2, -0.15) is 0 Å². The van der Waals surface area contributed by atoms with Crippen LogP contribution in [-0.2, 0) is 16.1 Å². The zero-order chi connectivity index (χ0) is 24.4. The molecule has 1 aromatic heterocycles. The first-order valence-electron chi connectivity index (χ1n) is 11.6. The molecule has 2 amide bonds. The monoisotopic (exact) mass is 475 g/mol. The number of hydrogen-bond donors (Lipinski definition) is 3. The molecule has 3 N–H and O–H groups in total. The number of hydrogen-bond acceptors (Lipinski definition) is 6. The van der Waals surface area contributed by atoms with Crippen LogP contribution in [-0.4, -0.2) is 40.7 Å². The Morgan fingerprint density at radius 3 is 2.31 bits per heavy atom. The zero-order valence-electron chi connectivity index (χ0n) is 18.9. The first kappa shape index (κ1) is 22.6. The molecule has 1 unspecified atom stereocenters. The van der Waals surface area contributed by atoms with E-state index in [2.05, 4.69) is 27.8 Å². The third-order valence-electron chi connectivity index (χ3n) is 6.77. The molecule has 9 heteroatoms. The molecule has 0 radical (unpaired) electrons. The molecule has 0 aliphatic heterocycles. The lowest BCUT2D eigenvalue weighted by Crippen LogP contribution is -2.48. The maximum absolute atomic E-state index is 12.6. The Morgan fingerprint density at radius 1 is 1.06 bits per heavy atom. The predicted octanol–water partition coefficient (Wildman–Crippen LogP) is 3.70. The van der Waals surface area contributed by atoms with Gasteiger partial charge in [-0.3, -0.25) is 4.79 Å². The lowest BCUT2D eigenvalue weighted by molar-refractivity contribution is -0.141. The van der Waals surface area contributed by atoms with Crippen LogP contribution in [0.3, 0.4) is 0 Å². The summed E-state index contributed by atoms with van der Waals surface area (Å²) in [7, 11) is 0. The van der Waals surface area contributed by atoms with Gasteiger partial charge in [0.1, 0.15) is 12.6 Å². The van der Waals surface area contributed by atoms with E-state index in [9.17, 15) is 19.5 Å². The van der Waals surface area contributed by atoms with Gasteiger partial charge in [-0.1, -0.05) is 55.0 Å². The van der Waals surface area contributed by atoms with E-state index in [1.807, 2.05) is 36.4 Å². The Morgan fingerprint density at radius 2 is 1.71 bits per heavy atom. The molecule has 1 heterocycles. The van der Waals surface area contributed by atoms with Gasteiger partial charge in [0.25, 0.3) is 5.91 Å². The minimum absolute atomic E-state index is 0.0606. The maximum atomic E-state index is 12.6. The van der Waals surface area contributed by atoms with Crippen molar-refractivity contribution in [1.82, 2.24) is 15.6 Å². The summed E-state index contributed by atoms with van der Waals surface area (Å²) < 4.78 is 10.8. The van der Waals surface area contributed by atoms with Gasteiger partial charge in [-0.05, 0) is 41.0 Å². The van der Waals surface area contributed by atoms with E-state index in [0.29, 0.717) is 0 Å². The van der Waals surface area contributed by atoms with Crippen molar-refractivity contribution >= 4 is 18.0 Å². The average molecular weight is 476 g/mol. The Bertz CT molecular complexity index is 1220. The van der Waals surface area contributed by atoms with Gasteiger partial charge in [-0.25, -0.2) is 14.6 Å². The van der Waals surface area contributed by atoms with Crippen LogP contribution in [0.2, 0.25) is 0 Å². The van der Waals surface area contributed by atoms with Gasteiger partial charge in [0.15, 0.2) is 17.8 Å². The number of fused-ring (bicyclic) bond motifs is 3. The molecule has 2 aliphatic carbocycles. The number of rotatable bonds is 8. The highest BCUT2D eigenvalue weighted by molar-refractivity contribution is 5.95. The number of carbonyl (C=O) groups is 3. The molecular weight excluding hydrogens is 450 g/mol. The highest BCUT2D eigenvalue weighted by Gasteiger charge is 2.35. The smallest absolute Gasteiger partial charge is 0.407 e. The highest BCUT2D eigenvalue weighted by Crippen LogP contribution is 2.44. The molecule has 180 valence electrons. The molecule has 1 saturated carbocycles. The molecule has 2 aromatic carbocycles. The third kappa shape index (κ3) is 4.49. The summed E-state index contributed by atoms with van der Waals surface area (Å²) in [4.78, 5) is 40.5. The summed E-state index contributed by atoms with van der Waals surface area (Å²) in [5.41, 5.74) is 4.42. The molecule has 3 aromatic rings. The molecule has 0 spiro atoms. The number of aromatic nitrogens is 1. The van der Waals surface area contributed by atoms with Crippen LogP contribution in [0.1, 0.15) is 52.6 Å². The van der Waals surface area contributed by atoms with Crippen LogP contribution in [0.4, 0.5) is 4.79 Å².